The van der Waals surface area contributed by atoms with E-state index in [1.807, 2.05) is 33.0 Å². The summed E-state index contributed by atoms with van der Waals surface area (Å²) in [5.74, 6) is 1.84. The number of benzene rings is 1. The summed E-state index contributed by atoms with van der Waals surface area (Å²) in [6.07, 6.45) is 2.56. The Kier molecular flexibility index (Phi) is 7.65. The molecule has 1 rings (SSSR count). The fraction of sp³-hybridized carbons (Fsp3) is 0.588. The van der Waals surface area contributed by atoms with Crippen molar-refractivity contribution in [3.05, 3.63) is 29.8 Å². The molecule has 0 heterocycles. The van der Waals surface area contributed by atoms with Crippen LogP contribution in [0, 0.1) is 0 Å². The van der Waals surface area contributed by atoms with Crippen molar-refractivity contribution >= 4 is 5.96 Å². The summed E-state index contributed by atoms with van der Waals surface area (Å²) in [5, 5.41) is 3.40. The van der Waals surface area contributed by atoms with Crippen molar-refractivity contribution in [2.45, 2.75) is 46.3 Å². The van der Waals surface area contributed by atoms with Crippen LogP contribution in [0.25, 0.3) is 0 Å². The van der Waals surface area contributed by atoms with Gasteiger partial charge in [-0.1, -0.05) is 25.5 Å². The molecule has 4 nitrogen and oxygen atoms in total. The van der Waals surface area contributed by atoms with E-state index in [4.69, 9.17) is 4.74 Å². The van der Waals surface area contributed by atoms with E-state index in [-0.39, 0.29) is 6.10 Å². The molecule has 0 amide bonds. The Morgan fingerprint density at radius 1 is 1.38 bits per heavy atom. The second-order valence-corrected chi connectivity index (χ2v) is 5.49. The Morgan fingerprint density at radius 3 is 2.76 bits per heavy atom. The SMILES string of the molecule is CCCCN(C)C(=NC)NCc1cccc(OC(C)C)c1. The van der Waals surface area contributed by atoms with E-state index in [2.05, 4.69) is 41.3 Å². The van der Waals surface area contributed by atoms with Crippen molar-refractivity contribution in [1.29, 1.82) is 0 Å². The molecule has 118 valence electrons. The first-order chi connectivity index (χ1) is 10.1. The normalized spacial score (nSPS) is 11.6. The van der Waals surface area contributed by atoms with Crippen molar-refractivity contribution < 1.29 is 4.74 Å². The maximum absolute atomic E-state index is 5.72. The van der Waals surface area contributed by atoms with Gasteiger partial charge in [0, 0.05) is 27.2 Å². The van der Waals surface area contributed by atoms with Crippen molar-refractivity contribution in [3.8, 4) is 5.75 Å². The lowest BCUT2D eigenvalue weighted by atomic mass is 10.2. The molecule has 1 aromatic carbocycles. The summed E-state index contributed by atoms with van der Waals surface area (Å²) in [7, 11) is 3.90. The van der Waals surface area contributed by atoms with E-state index in [0.29, 0.717) is 0 Å². The molecule has 0 atom stereocenters. The highest BCUT2D eigenvalue weighted by molar-refractivity contribution is 5.79. The summed E-state index contributed by atoms with van der Waals surface area (Å²) < 4.78 is 5.72. The largest absolute Gasteiger partial charge is 0.491 e. The van der Waals surface area contributed by atoms with Crippen LogP contribution in [-0.2, 0) is 6.54 Å². The third-order valence-electron chi connectivity index (χ3n) is 3.14. The van der Waals surface area contributed by atoms with Crippen molar-refractivity contribution in [2.24, 2.45) is 4.99 Å². The molecular formula is C17H29N3O. The average Bonchev–Trinajstić information content (AvgIpc) is 2.45. The minimum Gasteiger partial charge on any atom is -0.491 e. The second kappa shape index (κ2) is 9.27. The van der Waals surface area contributed by atoms with Gasteiger partial charge in [-0.2, -0.15) is 0 Å². The first-order valence-corrected chi connectivity index (χ1v) is 7.74. The molecule has 0 saturated carbocycles. The number of hydrogen-bond donors (Lipinski definition) is 1. The molecule has 0 aliphatic rings. The minimum atomic E-state index is 0.196. The predicted molar refractivity (Wildman–Crippen MR) is 89.9 cm³/mol. The van der Waals surface area contributed by atoms with Crippen LogP contribution in [-0.4, -0.2) is 37.6 Å². The average molecular weight is 291 g/mol. The standard InChI is InChI=1S/C17H29N3O/c1-6-7-11-20(5)17(18-4)19-13-15-9-8-10-16(12-15)21-14(2)3/h8-10,12,14H,6-7,11,13H2,1-5H3,(H,18,19). The lowest BCUT2D eigenvalue weighted by Gasteiger charge is -2.22. The predicted octanol–water partition coefficient (Wildman–Crippen LogP) is 3.28. The fourth-order valence-electron chi connectivity index (χ4n) is 2.07. The van der Waals surface area contributed by atoms with Gasteiger partial charge < -0.3 is 15.0 Å². The Hall–Kier alpha value is -1.71. The van der Waals surface area contributed by atoms with Crippen LogP contribution in [0.4, 0.5) is 0 Å². The second-order valence-electron chi connectivity index (χ2n) is 5.49. The molecule has 0 aromatic heterocycles. The molecular weight excluding hydrogens is 262 g/mol. The Labute approximate surface area is 129 Å². The number of unbranched alkanes of at least 4 members (excludes halogenated alkanes) is 1. The van der Waals surface area contributed by atoms with E-state index < -0.39 is 0 Å². The Balaban J connectivity index is 2.56. The van der Waals surface area contributed by atoms with Gasteiger partial charge in [-0.05, 0) is 38.0 Å². The first kappa shape index (κ1) is 17.3. The van der Waals surface area contributed by atoms with Crippen molar-refractivity contribution in [2.75, 3.05) is 20.6 Å². The van der Waals surface area contributed by atoms with E-state index >= 15 is 0 Å². The van der Waals surface area contributed by atoms with Crippen LogP contribution in [0.3, 0.4) is 0 Å². The first-order valence-electron chi connectivity index (χ1n) is 7.74. The molecule has 0 bridgehead atoms. The third kappa shape index (κ3) is 6.52. The van der Waals surface area contributed by atoms with Gasteiger partial charge in [0.1, 0.15) is 5.75 Å². The van der Waals surface area contributed by atoms with Crippen LogP contribution in [0.1, 0.15) is 39.2 Å². The van der Waals surface area contributed by atoms with Gasteiger partial charge in [0.05, 0.1) is 6.10 Å². The van der Waals surface area contributed by atoms with Gasteiger partial charge in [-0.3, -0.25) is 4.99 Å². The summed E-state index contributed by atoms with van der Waals surface area (Å²) in [6.45, 7) is 8.04. The summed E-state index contributed by atoms with van der Waals surface area (Å²) in [6, 6.07) is 8.19. The number of aliphatic imine (C=N–C) groups is 1. The molecule has 0 spiro atoms. The molecule has 0 radical (unpaired) electrons. The summed E-state index contributed by atoms with van der Waals surface area (Å²) in [5.41, 5.74) is 1.19. The number of nitrogens with one attached hydrogen (secondary N) is 1. The molecule has 0 aliphatic heterocycles. The number of hydrogen-bond acceptors (Lipinski definition) is 2. The van der Waals surface area contributed by atoms with Crippen LogP contribution < -0.4 is 10.1 Å². The van der Waals surface area contributed by atoms with Crippen LogP contribution in [0.2, 0.25) is 0 Å². The molecule has 4 heteroatoms. The fourth-order valence-corrected chi connectivity index (χ4v) is 2.07. The minimum absolute atomic E-state index is 0.196. The lowest BCUT2D eigenvalue weighted by Crippen LogP contribution is -2.38. The highest BCUT2D eigenvalue weighted by atomic mass is 16.5. The van der Waals surface area contributed by atoms with E-state index in [1.165, 1.54) is 18.4 Å². The zero-order valence-electron chi connectivity index (χ0n) is 14.0. The van der Waals surface area contributed by atoms with Crippen LogP contribution in [0.5, 0.6) is 5.75 Å². The molecule has 0 saturated heterocycles. The van der Waals surface area contributed by atoms with Gasteiger partial charge in [0.25, 0.3) is 0 Å². The molecule has 0 unspecified atom stereocenters. The molecule has 1 aromatic rings. The summed E-state index contributed by atoms with van der Waals surface area (Å²) in [4.78, 5) is 6.49. The topological polar surface area (TPSA) is 36.9 Å². The van der Waals surface area contributed by atoms with Gasteiger partial charge in [0.15, 0.2) is 5.96 Å². The van der Waals surface area contributed by atoms with Crippen LogP contribution in [0.15, 0.2) is 29.3 Å². The Bertz CT molecular complexity index is 443. The lowest BCUT2D eigenvalue weighted by molar-refractivity contribution is 0.242. The zero-order chi connectivity index (χ0) is 15.7. The van der Waals surface area contributed by atoms with E-state index in [0.717, 1.165) is 24.8 Å². The molecule has 1 N–H and O–H groups in total. The van der Waals surface area contributed by atoms with Crippen molar-refractivity contribution in [3.63, 3.8) is 0 Å². The van der Waals surface area contributed by atoms with Gasteiger partial charge >= 0.3 is 0 Å². The molecule has 0 fully saturated rings. The van der Waals surface area contributed by atoms with Crippen LogP contribution >= 0.6 is 0 Å². The molecule has 0 aliphatic carbocycles. The quantitative estimate of drug-likeness (QED) is 0.619. The Morgan fingerprint density at radius 2 is 2.14 bits per heavy atom. The van der Waals surface area contributed by atoms with Gasteiger partial charge in [0.2, 0.25) is 0 Å². The third-order valence-corrected chi connectivity index (χ3v) is 3.14. The highest BCUT2D eigenvalue weighted by Crippen LogP contribution is 2.14. The van der Waals surface area contributed by atoms with Crippen molar-refractivity contribution in [1.82, 2.24) is 10.2 Å². The number of nitrogens with zero attached hydrogens (tertiary/aromatic N) is 2. The van der Waals surface area contributed by atoms with E-state index in [1.54, 1.807) is 0 Å². The smallest absolute Gasteiger partial charge is 0.193 e. The number of guanidine groups is 1. The number of ether oxygens (including phenoxy) is 1. The zero-order valence-corrected chi connectivity index (χ0v) is 14.0. The van der Waals surface area contributed by atoms with E-state index in [9.17, 15) is 0 Å². The maximum atomic E-state index is 5.72. The summed E-state index contributed by atoms with van der Waals surface area (Å²) >= 11 is 0. The maximum Gasteiger partial charge on any atom is 0.193 e. The number of rotatable bonds is 7. The molecule has 21 heavy (non-hydrogen) atoms. The van der Waals surface area contributed by atoms with Gasteiger partial charge in [-0.25, -0.2) is 0 Å². The monoisotopic (exact) mass is 291 g/mol. The highest BCUT2D eigenvalue weighted by Gasteiger charge is 2.05. The van der Waals surface area contributed by atoms with Gasteiger partial charge in [-0.15, -0.1) is 0 Å².